The molecule has 0 spiro atoms. The fourth-order valence-electron chi connectivity index (χ4n) is 4.37. The summed E-state index contributed by atoms with van der Waals surface area (Å²) in [5.74, 6) is -6.56. The van der Waals surface area contributed by atoms with Crippen LogP contribution in [0.3, 0.4) is 0 Å². The van der Waals surface area contributed by atoms with Gasteiger partial charge in [0, 0.05) is 26.0 Å². The Morgan fingerprint density at radius 3 is 2.23 bits per heavy atom. The van der Waals surface area contributed by atoms with Gasteiger partial charge >= 0.3 is 18.0 Å². The Bertz CT molecular complexity index is 949. The molecule has 158 valence electrons. The number of hydrogen-bond acceptors (Lipinski definition) is 4. The lowest BCUT2D eigenvalue weighted by atomic mass is 9.94. The van der Waals surface area contributed by atoms with Crippen molar-refractivity contribution in [3.8, 4) is 11.1 Å². The lowest BCUT2D eigenvalue weighted by molar-refractivity contribution is -0.212. The van der Waals surface area contributed by atoms with Crippen molar-refractivity contribution in [3.63, 3.8) is 0 Å². The number of ether oxygens (including phenoxy) is 2. The SMILES string of the molecule is COC1(C(F)(F)C(=O)O)CCN(C(=O)OCC2c3ccccc3-c3ccccc32)C1. The average molecular weight is 417 g/mol. The van der Waals surface area contributed by atoms with Gasteiger partial charge in [0.1, 0.15) is 6.61 Å². The molecule has 1 N–H and O–H groups in total. The first-order valence-electron chi connectivity index (χ1n) is 9.57. The number of likely N-dealkylation sites (tertiary alicyclic amines) is 1. The van der Waals surface area contributed by atoms with Gasteiger partial charge in [0.2, 0.25) is 0 Å². The predicted octanol–water partition coefficient (Wildman–Crippen LogP) is 3.75. The maximum Gasteiger partial charge on any atom is 0.409 e. The summed E-state index contributed by atoms with van der Waals surface area (Å²) in [4.78, 5) is 24.7. The number of benzene rings is 2. The van der Waals surface area contributed by atoms with Gasteiger partial charge in [0.25, 0.3) is 0 Å². The van der Waals surface area contributed by atoms with Gasteiger partial charge in [0.05, 0.1) is 6.54 Å². The van der Waals surface area contributed by atoms with E-state index in [9.17, 15) is 18.4 Å². The van der Waals surface area contributed by atoms with Crippen molar-refractivity contribution in [2.75, 3.05) is 26.8 Å². The van der Waals surface area contributed by atoms with Crippen molar-refractivity contribution >= 4 is 12.1 Å². The van der Waals surface area contributed by atoms with Gasteiger partial charge in [-0.1, -0.05) is 48.5 Å². The van der Waals surface area contributed by atoms with E-state index in [-0.39, 0.29) is 25.5 Å². The van der Waals surface area contributed by atoms with Crippen LogP contribution in [0.4, 0.5) is 13.6 Å². The minimum absolute atomic E-state index is 0.0542. The summed E-state index contributed by atoms with van der Waals surface area (Å²) in [6.07, 6.45) is -1.07. The van der Waals surface area contributed by atoms with Gasteiger partial charge < -0.3 is 19.5 Å². The molecule has 1 heterocycles. The van der Waals surface area contributed by atoms with Gasteiger partial charge in [0.15, 0.2) is 5.60 Å². The number of fused-ring (bicyclic) bond motifs is 3. The van der Waals surface area contributed by atoms with Crippen LogP contribution in [-0.4, -0.2) is 60.4 Å². The predicted molar refractivity (Wildman–Crippen MR) is 104 cm³/mol. The summed E-state index contributed by atoms with van der Waals surface area (Å²) in [5.41, 5.74) is 1.96. The molecule has 6 nitrogen and oxygen atoms in total. The highest BCUT2D eigenvalue weighted by molar-refractivity contribution is 5.79. The molecule has 0 saturated carbocycles. The van der Waals surface area contributed by atoms with E-state index >= 15 is 0 Å². The largest absolute Gasteiger partial charge is 0.477 e. The quantitative estimate of drug-likeness (QED) is 0.802. The molecule has 1 unspecified atom stereocenters. The van der Waals surface area contributed by atoms with E-state index in [4.69, 9.17) is 14.6 Å². The molecule has 4 rings (SSSR count). The molecule has 0 radical (unpaired) electrons. The molecule has 0 aromatic heterocycles. The van der Waals surface area contributed by atoms with Crippen LogP contribution >= 0.6 is 0 Å². The number of amides is 1. The molecular formula is C22H21F2NO5. The monoisotopic (exact) mass is 417 g/mol. The first kappa shape index (κ1) is 20.3. The third-order valence-corrected chi connectivity index (χ3v) is 6.06. The Balaban J connectivity index is 1.48. The molecule has 30 heavy (non-hydrogen) atoms. The summed E-state index contributed by atoms with van der Waals surface area (Å²) in [6, 6.07) is 15.7. The van der Waals surface area contributed by atoms with E-state index in [2.05, 4.69) is 0 Å². The number of rotatable bonds is 5. The Hall–Kier alpha value is -3.00. The lowest BCUT2D eigenvalue weighted by Gasteiger charge is -2.32. The molecule has 2 aliphatic rings. The standard InChI is InChI=1S/C22H21F2NO5/c1-29-21(22(23,24)19(26)27)10-11-25(13-21)20(28)30-12-18-16-8-4-2-6-14(16)15-7-3-5-9-17(15)18/h2-9,18H,10-13H2,1H3,(H,26,27). The van der Waals surface area contributed by atoms with Crippen molar-refractivity contribution in [1.82, 2.24) is 4.90 Å². The second-order valence-electron chi connectivity index (χ2n) is 7.55. The van der Waals surface area contributed by atoms with Gasteiger partial charge in [-0.2, -0.15) is 8.78 Å². The molecule has 1 atom stereocenters. The molecular weight excluding hydrogens is 396 g/mol. The zero-order valence-electron chi connectivity index (χ0n) is 16.3. The van der Waals surface area contributed by atoms with Crippen LogP contribution < -0.4 is 0 Å². The van der Waals surface area contributed by atoms with Crippen molar-refractivity contribution in [2.24, 2.45) is 0 Å². The fourth-order valence-corrected chi connectivity index (χ4v) is 4.37. The summed E-state index contributed by atoms with van der Waals surface area (Å²) in [7, 11) is 1.03. The average Bonchev–Trinajstić information content (AvgIpc) is 3.33. The molecule has 1 amide bonds. The fraction of sp³-hybridized carbons (Fsp3) is 0.364. The lowest BCUT2D eigenvalue weighted by Crippen LogP contribution is -2.56. The van der Waals surface area contributed by atoms with Crippen LogP contribution in [0, 0.1) is 0 Å². The second kappa shape index (κ2) is 7.36. The van der Waals surface area contributed by atoms with Crippen LogP contribution in [0.25, 0.3) is 11.1 Å². The molecule has 8 heteroatoms. The number of carboxylic acid groups (broad SMARTS) is 1. The number of hydrogen-bond donors (Lipinski definition) is 1. The number of carboxylic acids is 1. The second-order valence-corrected chi connectivity index (χ2v) is 7.55. The number of aliphatic carboxylic acids is 1. The van der Waals surface area contributed by atoms with Crippen LogP contribution in [0.15, 0.2) is 48.5 Å². The van der Waals surface area contributed by atoms with Crippen molar-refractivity contribution in [3.05, 3.63) is 59.7 Å². The molecule has 1 aliphatic heterocycles. The molecule has 1 saturated heterocycles. The summed E-state index contributed by atoms with van der Waals surface area (Å²) >= 11 is 0. The Morgan fingerprint density at radius 1 is 1.13 bits per heavy atom. The van der Waals surface area contributed by atoms with Crippen LogP contribution in [-0.2, 0) is 14.3 Å². The van der Waals surface area contributed by atoms with Crippen molar-refractivity contribution in [2.45, 2.75) is 23.9 Å². The molecule has 2 aromatic carbocycles. The van der Waals surface area contributed by atoms with E-state index in [1.54, 1.807) is 0 Å². The van der Waals surface area contributed by atoms with Crippen molar-refractivity contribution < 1.29 is 33.0 Å². The highest BCUT2D eigenvalue weighted by Gasteiger charge is 2.63. The number of carbonyl (C=O) groups is 2. The van der Waals surface area contributed by atoms with Gasteiger partial charge in [-0.25, -0.2) is 9.59 Å². The highest BCUT2D eigenvalue weighted by atomic mass is 19.3. The molecule has 1 fully saturated rings. The maximum absolute atomic E-state index is 14.2. The summed E-state index contributed by atoms with van der Waals surface area (Å²) in [6.45, 7) is -0.578. The van der Waals surface area contributed by atoms with E-state index < -0.39 is 30.1 Å². The highest BCUT2D eigenvalue weighted by Crippen LogP contribution is 2.45. The van der Waals surface area contributed by atoms with Gasteiger partial charge in [-0.15, -0.1) is 0 Å². The van der Waals surface area contributed by atoms with E-state index in [1.807, 2.05) is 48.5 Å². The first-order valence-corrected chi connectivity index (χ1v) is 9.57. The topological polar surface area (TPSA) is 76.1 Å². The van der Waals surface area contributed by atoms with E-state index in [0.717, 1.165) is 34.3 Å². The minimum atomic E-state index is -4.12. The van der Waals surface area contributed by atoms with Crippen molar-refractivity contribution in [1.29, 1.82) is 0 Å². The third kappa shape index (κ3) is 3.02. The third-order valence-electron chi connectivity index (χ3n) is 6.06. The number of halogens is 2. The maximum atomic E-state index is 14.2. The first-order chi connectivity index (χ1) is 14.3. The van der Waals surface area contributed by atoms with Crippen LogP contribution in [0.1, 0.15) is 23.5 Å². The Kier molecular flexibility index (Phi) is 4.97. The van der Waals surface area contributed by atoms with Crippen LogP contribution in [0.5, 0.6) is 0 Å². The zero-order chi connectivity index (χ0) is 21.5. The zero-order valence-corrected chi connectivity index (χ0v) is 16.3. The number of nitrogens with zero attached hydrogens (tertiary/aromatic N) is 1. The molecule has 2 aromatic rings. The summed E-state index contributed by atoms with van der Waals surface area (Å²) < 4.78 is 38.8. The molecule has 0 bridgehead atoms. The number of methoxy groups -OCH3 is 1. The smallest absolute Gasteiger partial charge is 0.409 e. The Labute approximate surface area is 172 Å². The van der Waals surface area contributed by atoms with E-state index in [0.29, 0.717) is 0 Å². The number of carbonyl (C=O) groups excluding carboxylic acids is 1. The minimum Gasteiger partial charge on any atom is -0.477 e. The van der Waals surface area contributed by atoms with E-state index in [1.165, 1.54) is 0 Å². The summed E-state index contributed by atoms with van der Waals surface area (Å²) in [5, 5.41) is 8.89. The van der Waals surface area contributed by atoms with Gasteiger partial charge in [-0.3, -0.25) is 0 Å². The van der Waals surface area contributed by atoms with Crippen LogP contribution in [0.2, 0.25) is 0 Å². The number of alkyl halides is 2. The van der Waals surface area contributed by atoms with Gasteiger partial charge in [-0.05, 0) is 22.3 Å². The molecule has 1 aliphatic carbocycles. The normalized spacial score (nSPS) is 20.7. The Morgan fingerprint density at radius 2 is 1.70 bits per heavy atom.